The fourth-order valence-electron chi connectivity index (χ4n) is 3.09. The van der Waals surface area contributed by atoms with Crippen LogP contribution in [0.15, 0.2) is 0 Å². The van der Waals surface area contributed by atoms with Gasteiger partial charge in [0.2, 0.25) is 5.91 Å². The van der Waals surface area contributed by atoms with E-state index in [0.29, 0.717) is 6.04 Å². The van der Waals surface area contributed by atoms with E-state index in [9.17, 15) is 4.79 Å². The number of nitrogens with one attached hydrogen (secondary N) is 1. The van der Waals surface area contributed by atoms with Gasteiger partial charge in [-0.25, -0.2) is 0 Å². The van der Waals surface area contributed by atoms with Crippen molar-refractivity contribution >= 4 is 5.91 Å². The molecule has 2 aliphatic carbocycles. The number of carbonyl (C=O) groups is 1. The van der Waals surface area contributed by atoms with Gasteiger partial charge >= 0.3 is 0 Å². The Hall–Kier alpha value is -0.570. The molecule has 1 amide bonds. The summed E-state index contributed by atoms with van der Waals surface area (Å²) >= 11 is 0. The third-order valence-corrected chi connectivity index (χ3v) is 4.28. The second-order valence-corrected chi connectivity index (χ2v) is 6.63. The summed E-state index contributed by atoms with van der Waals surface area (Å²) in [5.41, 5.74) is 5.81. The molecule has 92 valence electrons. The van der Waals surface area contributed by atoms with Gasteiger partial charge in [0.1, 0.15) is 0 Å². The fourth-order valence-corrected chi connectivity index (χ4v) is 3.09. The van der Waals surface area contributed by atoms with Crippen LogP contribution in [0.25, 0.3) is 0 Å². The van der Waals surface area contributed by atoms with Gasteiger partial charge in [-0.15, -0.1) is 0 Å². The highest BCUT2D eigenvalue weighted by Crippen LogP contribution is 2.44. The number of hydrogen-bond acceptors (Lipinski definition) is 2. The van der Waals surface area contributed by atoms with Gasteiger partial charge in [-0.3, -0.25) is 4.79 Å². The van der Waals surface area contributed by atoms with E-state index in [2.05, 4.69) is 5.32 Å². The standard InChI is InChI=1S/C13H24N2O/c1-13(2,3)11(14)12(16)15-10-7-8-4-5-9(10)6-8/h8-11H,4-7,14H2,1-3H3,(H,15,16)/t8?,9?,10?,11-/m0/s1. The molecule has 2 aliphatic rings. The van der Waals surface area contributed by atoms with Crippen LogP contribution < -0.4 is 11.1 Å². The third-order valence-electron chi connectivity index (χ3n) is 4.28. The zero-order valence-corrected chi connectivity index (χ0v) is 10.6. The molecule has 0 heterocycles. The van der Waals surface area contributed by atoms with Crippen molar-refractivity contribution in [1.29, 1.82) is 0 Å². The van der Waals surface area contributed by atoms with E-state index in [-0.39, 0.29) is 11.3 Å². The van der Waals surface area contributed by atoms with Gasteiger partial charge in [0, 0.05) is 6.04 Å². The van der Waals surface area contributed by atoms with E-state index in [1.54, 1.807) is 0 Å². The second-order valence-electron chi connectivity index (χ2n) is 6.63. The number of rotatable bonds is 2. The first kappa shape index (κ1) is 11.9. The minimum Gasteiger partial charge on any atom is -0.352 e. The lowest BCUT2D eigenvalue weighted by molar-refractivity contribution is -0.125. The van der Waals surface area contributed by atoms with Crippen molar-refractivity contribution < 1.29 is 4.79 Å². The Morgan fingerprint density at radius 2 is 2.00 bits per heavy atom. The molecule has 0 aromatic rings. The second kappa shape index (κ2) is 4.02. The molecule has 3 N–H and O–H groups in total. The van der Waals surface area contributed by atoms with E-state index < -0.39 is 6.04 Å². The quantitative estimate of drug-likeness (QED) is 0.749. The van der Waals surface area contributed by atoms with Crippen LogP contribution in [0.3, 0.4) is 0 Å². The maximum atomic E-state index is 12.0. The fraction of sp³-hybridized carbons (Fsp3) is 0.923. The van der Waals surface area contributed by atoms with Crippen molar-refractivity contribution in [2.75, 3.05) is 0 Å². The van der Waals surface area contributed by atoms with Gasteiger partial charge in [0.05, 0.1) is 6.04 Å². The summed E-state index contributed by atoms with van der Waals surface area (Å²) in [5.74, 6) is 1.62. The maximum absolute atomic E-state index is 12.0. The molecule has 0 aromatic carbocycles. The summed E-state index contributed by atoms with van der Waals surface area (Å²) < 4.78 is 0. The largest absolute Gasteiger partial charge is 0.352 e. The van der Waals surface area contributed by atoms with E-state index in [1.807, 2.05) is 20.8 Å². The highest BCUT2D eigenvalue weighted by Gasteiger charge is 2.41. The van der Waals surface area contributed by atoms with Gasteiger partial charge in [-0.1, -0.05) is 27.2 Å². The SMILES string of the molecule is CC(C)(C)[C@@H](N)C(=O)NC1CC2CCC1C2. The topological polar surface area (TPSA) is 55.1 Å². The molecular weight excluding hydrogens is 200 g/mol. The van der Waals surface area contributed by atoms with E-state index in [1.165, 1.54) is 25.7 Å². The first-order valence-corrected chi connectivity index (χ1v) is 6.44. The van der Waals surface area contributed by atoms with E-state index in [4.69, 9.17) is 5.73 Å². The molecule has 0 radical (unpaired) electrons. The van der Waals surface area contributed by atoms with Crippen LogP contribution in [-0.4, -0.2) is 18.0 Å². The monoisotopic (exact) mass is 224 g/mol. The van der Waals surface area contributed by atoms with Gasteiger partial charge in [0.25, 0.3) is 0 Å². The smallest absolute Gasteiger partial charge is 0.237 e. The Kier molecular flexibility index (Phi) is 2.99. The number of fused-ring (bicyclic) bond motifs is 2. The lowest BCUT2D eigenvalue weighted by Crippen LogP contribution is -2.52. The highest BCUT2D eigenvalue weighted by atomic mass is 16.2. The highest BCUT2D eigenvalue weighted by molar-refractivity contribution is 5.82. The summed E-state index contributed by atoms with van der Waals surface area (Å²) in [6, 6.07) is 0.00581. The van der Waals surface area contributed by atoms with Crippen molar-refractivity contribution in [3.05, 3.63) is 0 Å². The molecule has 0 spiro atoms. The lowest BCUT2D eigenvalue weighted by atomic mass is 9.86. The Balaban J connectivity index is 1.88. The molecule has 3 unspecified atom stereocenters. The van der Waals surface area contributed by atoms with Crippen LogP contribution >= 0.6 is 0 Å². The molecule has 0 aliphatic heterocycles. The average molecular weight is 224 g/mol. The first-order valence-electron chi connectivity index (χ1n) is 6.44. The Bertz CT molecular complexity index is 282. The minimum atomic E-state index is -0.397. The van der Waals surface area contributed by atoms with Gasteiger partial charge in [-0.05, 0) is 36.5 Å². The van der Waals surface area contributed by atoms with Gasteiger partial charge in [0.15, 0.2) is 0 Å². The number of hydrogen-bond donors (Lipinski definition) is 2. The molecule has 2 bridgehead atoms. The van der Waals surface area contributed by atoms with Crippen LogP contribution in [-0.2, 0) is 4.79 Å². The van der Waals surface area contributed by atoms with Crippen molar-refractivity contribution in [2.24, 2.45) is 23.0 Å². The summed E-state index contributed by atoms with van der Waals surface area (Å²) in [6.07, 6.45) is 5.14. The molecule has 3 nitrogen and oxygen atoms in total. The molecule has 0 aromatic heterocycles. The van der Waals surface area contributed by atoms with Crippen LogP contribution in [0.5, 0.6) is 0 Å². The van der Waals surface area contributed by atoms with Crippen molar-refractivity contribution in [2.45, 2.75) is 58.5 Å². The molecule has 4 atom stereocenters. The van der Waals surface area contributed by atoms with Gasteiger partial charge in [-0.2, -0.15) is 0 Å². The number of amides is 1. The minimum absolute atomic E-state index is 0.0325. The molecule has 3 heteroatoms. The summed E-state index contributed by atoms with van der Waals surface area (Å²) in [6.45, 7) is 6.04. The predicted octanol–water partition coefficient (Wildman–Crippen LogP) is 1.66. The maximum Gasteiger partial charge on any atom is 0.237 e. The average Bonchev–Trinajstić information content (AvgIpc) is 2.76. The van der Waals surface area contributed by atoms with Crippen LogP contribution in [0.4, 0.5) is 0 Å². The third kappa shape index (κ3) is 2.24. The van der Waals surface area contributed by atoms with Crippen molar-refractivity contribution in [1.82, 2.24) is 5.32 Å². The molecule has 2 saturated carbocycles. The van der Waals surface area contributed by atoms with Crippen molar-refractivity contribution in [3.8, 4) is 0 Å². The van der Waals surface area contributed by atoms with Gasteiger partial charge < -0.3 is 11.1 Å². The van der Waals surface area contributed by atoms with E-state index in [0.717, 1.165) is 11.8 Å². The molecule has 16 heavy (non-hydrogen) atoms. The van der Waals surface area contributed by atoms with Crippen LogP contribution in [0, 0.1) is 17.3 Å². The molecule has 2 rings (SSSR count). The predicted molar refractivity (Wildman–Crippen MR) is 64.8 cm³/mol. The Labute approximate surface area is 98.2 Å². The van der Waals surface area contributed by atoms with Crippen LogP contribution in [0.1, 0.15) is 46.5 Å². The first-order chi connectivity index (χ1) is 7.38. The summed E-state index contributed by atoms with van der Waals surface area (Å²) in [5, 5.41) is 3.15. The Morgan fingerprint density at radius 3 is 2.44 bits per heavy atom. The van der Waals surface area contributed by atoms with Crippen molar-refractivity contribution in [3.63, 3.8) is 0 Å². The van der Waals surface area contributed by atoms with E-state index >= 15 is 0 Å². The summed E-state index contributed by atoms with van der Waals surface area (Å²) in [4.78, 5) is 12.0. The molecule has 2 fully saturated rings. The Morgan fingerprint density at radius 1 is 1.31 bits per heavy atom. The number of carbonyl (C=O) groups excluding carboxylic acids is 1. The van der Waals surface area contributed by atoms with Crippen LogP contribution in [0.2, 0.25) is 0 Å². The molecular formula is C13H24N2O. The zero-order chi connectivity index (χ0) is 11.9. The summed E-state index contributed by atoms with van der Waals surface area (Å²) in [7, 11) is 0. The normalized spacial score (nSPS) is 35.1. The lowest BCUT2D eigenvalue weighted by Gasteiger charge is -2.29. The molecule has 0 saturated heterocycles. The number of nitrogens with two attached hydrogens (primary N) is 1. The zero-order valence-electron chi connectivity index (χ0n) is 10.6.